The summed E-state index contributed by atoms with van der Waals surface area (Å²) in [5, 5.41) is 2.55. The Hall–Kier alpha value is -2.00. The number of carbonyl (C=O) groups excluding carboxylic acids is 2. The molecule has 27 heavy (non-hydrogen) atoms. The molecule has 0 aromatic heterocycles. The number of rotatable bonds is 8. The number of amides is 3. The normalized spacial score (nSPS) is 16.0. The van der Waals surface area contributed by atoms with E-state index in [9.17, 15) is 14.0 Å². The van der Waals surface area contributed by atoms with Gasteiger partial charge in [0.1, 0.15) is 17.6 Å². The van der Waals surface area contributed by atoms with Crippen molar-refractivity contribution in [2.24, 2.45) is 5.73 Å². The van der Waals surface area contributed by atoms with Gasteiger partial charge in [-0.2, -0.15) is 11.8 Å². The van der Waals surface area contributed by atoms with Gasteiger partial charge in [0.25, 0.3) is 0 Å². The van der Waals surface area contributed by atoms with Gasteiger partial charge in [-0.15, -0.1) is 0 Å². The van der Waals surface area contributed by atoms with Crippen LogP contribution in [0.3, 0.4) is 0 Å². The van der Waals surface area contributed by atoms with Crippen LogP contribution in [-0.2, 0) is 11.3 Å². The fourth-order valence-electron chi connectivity index (χ4n) is 3.12. The number of hydrogen-bond donors (Lipinski definition) is 2. The average molecular weight is 399 g/mol. The maximum Gasteiger partial charge on any atom is 0.312 e. The molecule has 9 heteroatoms. The average Bonchev–Trinajstić information content (AvgIpc) is 2.65. The Kier molecular flexibility index (Phi) is 8.18. The number of hydrogen-bond acceptors (Lipinski definition) is 5. The molecule has 1 atom stereocenters. The third-order valence-corrected chi connectivity index (χ3v) is 5.19. The number of primary amides is 1. The first kappa shape index (κ1) is 21.3. The fraction of sp³-hybridized carbons (Fsp3) is 0.556. The lowest BCUT2D eigenvalue weighted by atomic mass is 10.1. The van der Waals surface area contributed by atoms with Crippen molar-refractivity contribution in [1.29, 1.82) is 0 Å². The van der Waals surface area contributed by atoms with Crippen molar-refractivity contribution in [3.8, 4) is 5.75 Å². The number of nitrogens with one attached hydrogen (secondary N) is 1. The molecule has 1 aromatic rings. The number of nitrogens with two attached hydrogens (primary N) is 1. The number of halogens is 1. The summed E-state index contributed by atoms with van der Waals surface area (Å²) in [5.74, 6) is 1.01. The van der Waals surface area contributed by atoms with Crippen LogP contribution < -0.4 is 15.8 Å². The van der Waals surface area contributed by atoms with E-state index in [2.05, 4.69) is 10.2 Å². The van der Waals surface area contributed by atoms with Crippen LogP contribution in [0.4, 0.5) is 9.18 Å². The summed E-state index contributed by atoms with van der Waals surface area (Å²) < 4.78 is 18.8. The SMILES string of the molecule is COc1ccc(F)cc1CN1CCN(C(=O)[C@@H](CCSC)NC(N)=O)CC1. The number of nitrogens with zero attached hydrogens (tertiary/aromatic N) is 2. The second-order valence-corrected chi connectivity index (χ2v) is 7.39. The van der Waals surface area contributed by atoms with Gasteiger partial charge in [0.15, 0.2) is 0 Å². The molecule has 0 aliphatic carbocycles. The Labute approximate surface area is 163 Å². The molecule has 1 fully saturated rings. The Morgan fingerprint density at radius 3 is 2.63 bits per heavy atom. The zero-order valence-electron chi connectivity index (χ0n) is 15.7. The van der Waals surface area contributed by atoms with Gasteiger partial charge < -0.3 is 20.7 Å². The molecule has 1 saturated heterocycles. The Bertz CT molecular complexity index is 653. The molecular weight excluding hydrogens is 371 g/mol. The summed E-state index contributed by atoms with van der Waals surface area (Å²) in [6.07, 6.45) is 2.49. The fourth-order valence-corrected chi connectivity index (χ4v) is 3.59. The molecule has 1 heterocycles. The van der Waals surface area contributed by atoms with E-state index in [-0.39, 0.29) is 11.7 Å². The van der Waals surface area contributed by atoms with Gasteiger partial charge >= 0.3 is 6.03 Å². The highest BCUT2D eigenvalue weighted by Crippen LogP contribution is 2.22. The monoisotopic (exact) mass is 398 g/mol. The molecule has 1 aliphatic rings. The lowest BCUT2D eigenvalue weighted by molar-refractivity contribution is -0.135. The first-order valence-electron chi connectivity index (χ1n) is 8.83. The molecule has 7 nitrogen and oxygen atoms in total. The third kappa shape index (κ3) is 6.28. The van der Waals surface area contributed by atoms with Crippen LogP contribution >= 0.6 is 11.8 Å². The van der Waals surface area contributed by atoms with Crippen LogP contribution in [-0.4, -0.2) is 73.1 Å². The molecule has 1 aromatic carbocycles. The zero-order chi connectivity index (χ0) is 19.8. The van der Waals surface area contributed by atoms with Crippen LogP contribution in [0.25, 0.3) is 0 Å². The summed E-state index contributed by atoms with van der Waals surface area (Å²) in [5.41, 5.74) is 5.98. The van der Waals surface area contributed by atoms with E-state index in [4.69, 9.17) is 10.5 Å². The highest BCUT2D eigenvalue weighted by Gasteiger charge is 2.28. The van der Waals surface area contributed by atoms with E-state index in [1.54, 1.807) is 29.8 Å². The van der Waals surface area contributed by atoms with Crippen LogP contribution in [0, 0.1) is 5.82 Å². The molecule has 2 rings (SSSR count). The minimum absolute atomic E-state index is 0.106. The van der Waals surface area contributed by atoms with Crippen molar-refractivity contribution in [2.45, 2.75) is 19.0 Å². The van der Waals surface area contributed by atoms with Gasteiger partial charge in [0, 0.05) is 38.3 Å². The van der Waals surface area contributed by atoms with Crippen LogP contribution in [0.15, 0.2) is 18.2 Å². The van der Waals surface area contributed by atoms with Gasteiger partial charge in [0.05, 0.1) is 7.11 Å². The summed E-state index contributed by atoms with van der Waals surface area (Å²) >= 11 is 1.61. The van der Waals surface area contributed by atoms with Crippen LogP contribution in [0.2, 0.25) is 0 Å². The first-order valence-corrected chi connectivity index (χ1v) is 10.2. The van der Waals surface area contributed by atoms with E-state index in [0.29, 0.717) is 44.9 Å². The summed E-state index contributed by atoms with van der Waals surface area (Å²) in [7, 11) is 1.56. The Morgan fingerprint density at radius 2 is 2.04 bits per heavy atom. The topological polar surface area (TPSA) is 87.9 Å². The summed E-state index contributed by atoms with van der Waals surface area (Å²) in [6, 6.07) is 3.19. The van der Waals surface area contributed by atoms with Crippen LogP contribution in [0.1, 0.15) is 12.0 Å². The van der Waals surface area contributed by atoms with Gasteiger partial charge in [-0.1, -0.05) is 0 Å². The number of benzene rings is 1. The van der Waals surface area contributed by atoms with Crippen molar-refractivity contribution in [1.82, 2.24) is 15.1 Å². The van der Waals surface area contributed by atoms with E-state index in [1.165, 1.54) is 12.1 Å². The predicted octanol–water partition coefficient (Wildman–Crippen LogP) is 1.27. The number of carbonyl (C=O) groups is 2. The Balaban J connectivity index is 1.92. The van der Waals surface area contributed by atoms with E-state index in [1.807, 2.05) is 6.26 Å². The number of ether oxygens (including phenoxy) is 1. The first-order chi connectivity index (χ1) is 12.9. The van der Waals surface area contributed by atoms with Crippen LogP contribution in [0.5, 0.6) is 5.75 Å². The van der Waals surface area contributed by atoms with Crippen molar-refractivity contribution in [3.05, 3.63) is 29.6 Å². The quantitative estimate of drug-likeness (QED) is 0.689. The molecule has 0 bridgehead atoms. The molecule has 0 radical (unpaired) electrons. The number of piperazine rings is 1. The van der Waals surface area contributed by atoms with Crippen molar-refractivity contribution in [3.63, 3.8) is 0 Å². The smallest absolute Gasteiger partial charge is 0.312 e. The van der Waals surface area contributed by atoms with Gasteiger partial charge in [-0.25, -0.2) is 9.18 Å². The predicted molar refractivity (Wildman–Crippen MR) is 104 cm³/mol. The molecule has 0 spiro atoms. The molecule has 1 aliphatic heterocycles. The maximum absolute atomic E-state index is 13.5. The number of urea groups is 1. The van der Waals surface area contributed by atoms with E-state index >= 15 is 0 Å². The molecule has 3 amide bonds. The van der Waals surface area contributed by atoms with Crippen molar-refractivity contribution < 1.29 is 18.7 Å². The third-order valence-electron chi connectivity index (χ3n) is 4.55. The standard InChI is InChI=1S/C18H27FN4O3S/c1-26-16-4-3-14(19)11-13(16)12-22-6-8-23(9-7-22)17(24)15(5-10-27-2)21-18(20)25/h3-4,11,15H,5-10,12H2,1-2H3,(H3,20,21,25)/t15-/m1/s1. The lowest BCUT2D eigenvalue weighted by Crippen LogP contribution is -2.55. The van der Waals surface area contributed by atoms with Gasteiger partial charge in [-0.05, 0) is 36.6 Å². The highest BCUT2D eigenvalue weighted by atomic mass is 32.2. The van der Waals surface area contributed by atoms with E-state index < -0.39 is 12.1 Å². The second kappa shape index (κ2) is 10.4. The molecule has 0 unspecified atom stereocenters. The Morgan fingerprint density at radius 1 is 1.33 bits per heavy atom. The summed E-state index contributed by atoms with van der Waals surface area (Å²) in [4.78, 5) is 27.8. The largest absolute Gasteiger partial charge is 0.496 e. The molecule has 0 saturated carbocycles. The zero-order valence-corrected chi connectivity index (χ0v) is 16.6. The highest BCUT2D eigenvalue weighted by molar-refractivity contribution is 7.98. The number of thioether (sulfide) groups is 1. The number of methoxy groups -OCH3 is 1. The molecular formula is C18H27FN4O3S. The van der Waals surface area contributed by atoms with Crippen molar-refractivity contribution in [2.75, 3.05) is 45.3 Å². The lowest BCUT2D eigenvalue weighted by Gasteiger charge is -2.36. The van der Waals surface area contributed by atoms with E-state index in [0.717, 1.165) is 11.3 Å². The molecule has 3 N–H and O–H groups in total. The van der Waals surface area contributed by atoms with Gasteiger partial charge in [-0.3, -0.25) is 9.69 Å². The maximum atomic E-state index is 13.5. The molecule has 150 valence electrons. The van der Waals surface area contributed by atoms with Crippen molar-refractivity contribution >= 4 is 23.7 Å². The minimum atomic E-state index is -0.689. The van der Waals surface area contributed by atoms with Gasteiger partial charge in [0.2, 0.25) is 5.91 Å². The second-order valence-electron chi connectivity index (χ2n) is 6.40. The summed E-state index contributed by atoms with van der Waals surface area (Å²) in [6.45, 7) is 2.98. The minimum Gasteiger partial charge on any atom is -0.496 e.